The summed E-state index contributed by atoms with van der Waals surface area (Å²) in [4.78, 5) is 12.0. The highest BCUT2D eigenvalue weighted by Gasteiger charge is 2.09. The minimum absolute atomic E-state index is 0.368. The molecule has 0 aliphatic rings. The molecule has 1 heterocycles. The lowest BCUT2D eigenvalue weighted by molar-refractivity contribution is 0.252. The Labute approximate surface area is 153 Å². The number of hydrazone groups is 1. The van der Waals surface area contributed by atoms with Gasteiger partial charge in [0.25, 0.3) is 0 Å². The van der Waals surface area contributed by atoms with Gasteiger partial charge in [-0.1, -0.05) is 36.4 Å². The van der Waals surface area contributed by atoms with Crippen LogP contribution in [0, 0.1) is 20.8 Å². The first-order chi connectivity index (χ1) is 12.6. The minimum atomic E-state index is -0.368. The summed E-state index contributed by atoms with van der Waals surface area (Å²) in [5.74, 6) is 0. The van der Waals surface area contributed by atoms with Crippen LogP contribution in [-0.4, -0.2) is 16.8 Å². The van der Waals surface area contributed by atoms with E-state index in [2.05, 4.69) is 39.5 Å². The van der Waals surface area contributed by atoms with Crippen molar-refractivity contribution in [2.24, 2.45) is 5.10 Å². The molecule has 0 saturated carbocycles. The number of para-hydroxylation sites is 2. The second kappa shape index (κ2) is 7.70. The van der Waals surface area contributed by atoms with Gasteiger partial charge in [0, 0.05) is 28.3 Å². The van der Waals surface area contributed by atoms with Crippen molar-refractivity contribution in [1.82, 2.24) is 9.99 Å². The summed E-state index contributed by atoms with van der Waals surface area (Å²) in [5, 5.41) is 6.86. The number of carbonyl (C=O) groups is 1. The number of nitrogens with zero attached hydrogens (tertiary/aromatic N) is 2. The second-order valence-electron chi connectivity index (χ2n) is 6.14. The number of nitrogens with one attached hydrogen (secondary N) is 2. The second-order valence-corrected chi connectivity index (χ2v) is 6.14. The lowest BCUT2D eigenvalue weighted by Crippen LogP contribution is -2.24. The molecule has 0 unspecified atom stereocenters. The Bertz CT molecular complexity index is 942. The van der Waals surface area contributed by atoms with Crippen LogP contribution >= 0.6 is 0 Å². The molecule has 2 aromatic carbocycles. The van der Waals surface area contributed by atoms with Gasteiger partial charge in [-0.3, -0.25) is 0 Å². The van der Waals surface area contributed by atoms with Crippen LogP contribution in [0.25, 0.3) is 5.69 Å². The Morgan fingerprint density at radius 1 is 1.00 bits per heavy atom. The summed E-state index contributed by atoms with van der Waals surface area (Å²) < 4.78 is 2.16. The molecule has 5 nitrogen and oxygen atoms in total. The number of aryl methyl sites for hydroxylation is 2. The zero-order valence-corrected chi connectivity index (χ0v) is 15.2. The van der Waals surface area contributed by atoms with Gasteiger partial charge in [-0.25, -0.2) is 10.2 Å². The van der Waals surface area contributed by atoms with Gasteiger partial charge in [-0.2, -0.15) is 5.10 Å². The highest BCUT2D eigenvalue weighted by Crippen LogP contribution is 2.19. The molecule has 0 radical (unpaired) electrons. The summed E-state index contributed by atoms with van der Waals surface area (Å²) in [5.41, 5.74) is 8.52. The molecule has 0 atom stereocenters. The third kappa shape index (κ3) is 3.83. The van der Waals surface area contributed by atoms with E-state index in [-0.39, 0.29) is 6.03 Å². The molecule has 5 heteroatoms. The lowest BCUT2D eigenvalue weighted by Gasteiger charge is -2.09. The first kappa shape index (κ1) is 17.5. The number of anilines is 1. The van der Waals surface area contributed by atoms with Gasteiger partial charge >= 0.3 is 6.03 Å². The molecule has 26 heavy (non-hydrogen) atoms. The summed E-state index contributed by atoms with van der Waals surface area (Å²) in [6.45, 7) is 6.03. The van der Waals surface area contributed by atoms with E-state index in [1.54, 1.807) is 6.21 Å². The van der Waals surface area contributed by atoms with Crippen molar-refractivity contribution in [3.63, 3.8) is 0 Å². The Kier molecular flexibility index (Phi) is 5.17. The Morgan fingerprint density at radius 3 is 2.42 bits per heavy atom. The zero-order valence-electron chi connectivity index (χ0n) is 15.2. The first-order valence-corrected chi connectivity index (χ1v) is 8.46. The van der Waals surface area contributed by atoms with Gasteiger partial charge in [0.2, 0.25) is 0 Å². The van der Waals surface area contributed by atoms with Crippen LogP contribution in [0.5, 0.6) is 0 Å². The Hall–Kier alpha value is -3.34. The minimum Gasteiger partial charge on any atom is -0.318 e. The molecule has 2 amide bonds. The summed E-state index contributed by atoms with van der Waals surface area (Å²) in [6, 6.07) is 19.4. The highest BCUT2D eigenvalue weighted by molar-refractivity contribution is 5.91. The number of aromatic nitrogens is 1. The molecule has 2 N–H and O–H groups in total. The maximum absolute atomic E-state index is 12.0. The van der Waals surface area contributed by atoms with Gasteiger partial charge in [0.1, 0.15) is 0 Å². The molecule has 0 saturated heterocycles. The molecule has 0 aliphatic heterocycles. The van der Waals surface area contributed by atoms with Crippen LogP contribution in [0.1, 0.15) is 22.5 Å². The number of amides is 2. The number of rotatable bonds is 4. The number of hydrogen-bond donors (Lipinski definition) is 2. The predicted octanol–water partition coefficient (Wildman–Crippen LogP) is 4.56. The number of carbonyl (C=O) groups excluding carboxylic acids is 1. The van der Waals surface area contributed by atoms with Crippen molar-refractivity contribution >= 4 is 17.9 Å². The van der Waals surface area contributed by atoms with Crippen molar-refractivity contribution < 1.29 is 4.79 Å². The molecule has 3 rings (SSSR count). The third-order valence-electron chi connectivity index (χ3n) is 4.25. The maximum Gasteiger partial charge on any atom is 0.339 e. The fourth-order valence-corrected chi connectivity index (χ4v) is 2.92. The molecule has 0 spiro atoms. The van der Waals surface area contributed by atoms with Crippen molar-refractivity contribution in [2.45, 2.75) is 20.8 Å². The molecule has 0 fully saturated rings. The summed E-state index contributed by atoms with van der Waals surface area (Å²) >= 11 is 0. The average Bonchev–Trinajstić information content (AvgIpc) is 2.91. The monoisotopic (exact) mass is 346 g/mol. The number of hydrogen-bond acceptors (Lipinski definition) is 2. The van der Waals surface area contributed by atoms with Gasteiger partial charge in [0.05, 0.1) is 6.21 Å². The standard InChI is InChI=1S/C21H22N4O/c1-15-9-7-8-12-20(15)23-21(26)24-22-14-18-13-16(2)25(17(18)3)19-10-5-4-6-11-19/h4-14H,1-3H3,(H2,23,24,26). The van der Waals surface area contributed by atoms with E-state index in [4.69, 9.17) is 0 Å². The van der Waals surface area contributed by atoms with E-state index in [0.29, 0.717) is 0 Å². The van der Waals surface area contributed by atoms with Crippen molar-refractivity contribution in [2.75, 3.05) is 5.32 Å². The topological polar surface area (TPSA) is 58.4 Å². The van der Waals surface area contributed by atoms with Gasteiger partial charge in [0.15, 0.2) is 0 Å². The van der Waals surface area contributed by atoms with Crippen LogP contribution in [-0.2, 0) is 0 Å². The molecule has 1 aromatic heterocycles. The fourth-order valence-electron chi connectivity index (χ4n) is 2.92. The SMILES string of the molecule is Cc1ccccc1NC(=O)NN=Cc1cc(C)n(-c2ccccc2)c1C. The van der Waals surface area contributed by atoms with Crippen LogP contribution in [0.2, 0.25) is 0 Å². The maximum atomic E-state index is 12.0. The normalized spacial score (nSPS) is 10.9. The highest BCUT2D eigenvalue weighted by atomic mass is 16.2. The van der Waals surface area contributed by atoms with Gasteiger partial charge < -0.3 is 9.88 Å². The van der Waals surface area contributed by atoms with E-state index in [0.717, 1.165) is 33.9 Å². The molecule has 0 aliphatic carbocycles. The predicted molar refractivity (Wildman–Crippen MR) is 106 cm³/mol. The molecule has 132 valence electrons. The molecule has 3 aromatic rings. The summed E-state index contributed by atoms with van der Waals surface area (Å²) in [6.07, 6.45) is 1.67. The van der Waals surface area contributed by atoms with Crippen molar-refractivity contribution in [3.8, 4) is 5.69 Å². The van der Waals surface area contributed by atoms with Crippen molar-refractivity contribution in [1.29, 1.82) is 0 Å². The van der Waals surface area contributed by atoms with E-state index < -0.39 is 0 Å². The van der Waals surface area contributed by atoms with Crippen LogP contribution in [0.15, 0.2) is 65.8 Å². The number of benzene rings is 2. The largest absolute Gasteiger partial charge is 0.339 e. The van der Waals surface area contributed by atoms with Crippen molar-refractivity contribution in [3.05, 3.63) is 83.2 Å². The number of urea groups is 1. The van der Waals surface area contributed by atoms with Crippen LogP contribution < -0.4 is 10.7 Å². The molecular weight excluding hydrogens is 324 g/mol. The average molecular weight is 346 g/mol. The fraction of sp³-hybridized carbons (Fsp3) is 0.143. The molecule has 0 bridgehead atoms. The quantitative estimate of drug-likeness (QED) is 0.528. The first-order valence-electron chi connectivity index (χ1n) is 8.46. The van der Waals surface area contributed by atoms with Gasteiger partial charge in [-0.05, 0) is 50.6 Å². The van der Waals surface area contributed by atoms with Crippen LogP contribution in [0.3, 0.4) is 0 Å². The lowest BCUT2D eigenvalue weighted by atomic mass is 10.2. The van der Waals surface area contributed by atoms with Crippen LogP contribution in [0.4, 0.5) is 10.5 Å². The van der Waals surface area contributed by atoms with E-state index >= 15 is 0 Å². The Morgan fingerprint density at radius 2 is 1.69 bits per heavy atom. The Balaban J connectivity index is 1.70. The molecular formula is C21H22N4O. The third-order valence-corrected chi connectivity index (χ3v) is 4.25. The van der Waals surface area contributed by atoms with E-state index in [1.165, 1.54) is 0 Å². The smallest absolute Gasteiger partial charge is 0.318 e. The van der Waals surface area contributed by atoms with Gasteiger partial charge in [-0.15, -0.1) is 0 Å². The zero-order chi connectivity index (χ0) is 18.5. The van der Waals surface area contributed by atoms with E-state index in [1.807, 2.05) is 62.4 Å². The van der Waals surface area contributed by atoms with E-state index in [9.17, 15) is 4.79 Å². The summed E-state index contributed by atoms with van der Waals surface area (Å²) in [7, 11) is 0.